The standard InChI is InChI=1S/C12H13FINO/c13-7-8-15-11(16)12(5-6-12)9-3-1-2-4-10(9)14/h1-4H,5-8H2,(H,15,16). The van der Waals surface area contributed by atoms with Crippen molar-refractivity contribution in [2.75, 3.05) is 13.2 Å². The van der Waals surface area contributed by atoms with Crippen LogP contribution in [0.15, 0.2) is 24.3 Å². The Labute approximate surface area is 108 Å². The number of hydrogen-bond acceptors (Lipinski definition) is 1. The molecule has 2 nitrogen and oxygen atoms in total. The quantitative estimate of drug-likeness (QED) is 0.843. The first-order chi connectivity index (χ1) is 7.70. The van der Waals surface area contributed by atoms with Crippen LogP contribution in [-0.4, -0.2) is 19.1 Å². The Balaban J connectivity index is 2.20. The Hall–Kier alpha value is -0.650. The van der Waals surface area contributed by atoms with Gasteiger partial charge in [0.25, 0.3) is 0 Å². The molecule has 0 heterocycles. The summed E-state index contributed by atoms with van der Waals surface area (Å²) in [5.41, 5.74) is 0.694. The first kappa shape index (κ1) is 11.8. The van der Waals surface area contributed by atoms with Crippen molar-refractivity contribution in [2.45, 2.75) is 18.3 Å². The van der Waals surface area contributed by atoms with Crippen LogP contribution in [0.4, 0.5) is 4.39 Å². The average Bonchev–Trinajstić information content (AvgIpc) is 3.08. The summed E-state index contributed by atoms with van der Waals surface area (Å²) in [6.07, 6.45) is 1.73. The van der Waals surface area contributed by atoms with E-state index in [1.54, 1.807) is 0 Å². The summed E-state index contributed by atoms with van der Waals surface area (Å²) in [5.74, 6) is -0.0331. The van der Waals surface area contributed by atoms with Gasteiger partial charge in [-0.15, -0.1) is 0 Å². The Bertz CT molecular complexity index is 404. The summed E-state index contributed by atoms with van der Waals surface area (Å²) in [6, 6.07) is 7.89. The smallest absolute Gasteiger partial charge is 0.230 e. The molecule has 0 aliphatic heterocycles. The number of hydrogen-bond donors (Lipinski definition) is 1. The number of alkyl halides is 1. The summed E-state index contributed by atoms with van der Waals surface area (Å²) in [4.78, 5) is 12.0. The molecule has 16 heavy (non-hydrogen) atoms. The van der Waals surface area contributed by atoms with Crippen LogP contribution >= 0.6 is 22.6 Å². The molecule has 1 aliphatic carbocycles. The second-order valence-corrected chi connectivity index (χ2v) is 5.17. The lowest BCUT2D eigenvalue weighted by Gasteiger charge is -2.16. The van der Waals surface area contributed by atoms with E-state index in [0.717, 1.165) is 22.0 Å². The highest BCUT2D eigenvalue weighted by Gasteiger charge is 2.51. The number of carbonyl (C=O) groups excluding carboxylic acids is 1. The summed E-state index contributed by atoms with van der Waals surface area (Å²) in [5, 5.41) is 2.64. The molecule has 1 aliphatic rings. The average molecular weight is 333 g/mol. The largest absolute Gasteiger partial charge is 0.353 e. The van der Waals surface area contributed by atoms with Gasteiger partial charge in [0.1, 0.15) is 6.67 Å². The molecule has 0 unspecified atom stereocenters. The van der Waals surface area contributed by atoms with Crippen molar-refractivity contribution < 1.29 is 9.18 Å². The summed E-state index contributed by atoms with van der Waals surface area (Å²) in [6.45, 7) is -0.391. The number of halogens is 2. The lowest BCUT2D eigenvalue weighted by molar-refractivity contribution is -0.123. The number of amides is 1. The van der Waals surface area contributed by atoms with E-state index in [9.17, 15) is 9.18 Å². The third-order valence-corrected chi connectivity index (χ3v) is 3.89. The predicted octanol–water partition coefficient (Wildman–Crippen LogP) is 2.41. The maximum absolute atomic E-state index is 12.0. The van der Waals surface area contributed by atoms with Crippen molar-refractivity contribution in [3.63, 3.8) is 0 Å². The van der Waals surface area contributed by atoms with Crippen LogP contribution in [-0.2, 0) is 10.2 Å². The number of nitrogens with one attached hydrogen (secondary N) is 1. The molecule has 2 rings (SSSR count). The van der Waals surface area contributed by atoms with Crippen LogP contribution in [0.25, 0.3) is 0 Å². The van der Waals surface area contributed by atoms with E-state index in [4.69, 9.17) is 0 Å². The highest BCUT2D eigenvalue weighted by atomic mass is 127. The summed E-state index contributed by atoms with van der Waals surface area (Å²) in [7, 11) is 0. The highest BCUT2D eigenvalue weighted by molar-refractivity contribution is 14.1. The van der Waals surface area contributed by atoms with E-state index in [1.165, 1.54) is 0 Å². The molecule has 0 aromatic heterocycles. The fourth-order valence-electron chi connectivity index (χ4n) is 1.92. The number of benzene rings is 1. The topological polar surface area (TPSA) is 29.1 Å². The van der Waals surface area contributed by atoms with Gasteiger partial charge in [-0.1, -0.05) is 18.2 Å². The van der Waals surface area contributed by atoms with Crippen molar-refractivity contribution in [1.29, 1.82) is 0 Å². The van der Waals surface area contributed by atoms with Gasteiger partial charge in [0.15, 0.2) is 0 Å². The molecule has 0 atom stereocenters. The van der Waals surface area contributed by atoms with Gasteiger partial charge in [0.2, 0.25) is 5.91 Å². The third-order valence-electron chi connectivity index (χ3n) is 2.95. The zero-order valence-corrected chi connectivity index (χ0v) is 11.0. The molecule has 0 saturated heterocycles. The number of rotatable bonds is 4. The predicted molar refractivity (Wildman–Crippen MR) is 69.1 cm³/mol. The normalized spacial score (nSPS) is 16.9. The molecule has 1 amide bonds. The lowest BCUT2D eigenvalue weighted by atomic mass is 9.95. The zero-order valence-electron chi connectivity index (χ0n) is 8.80. The monoisotopic (exact) mass is 333 g/mol. The van der Waals surface area contributed by atoms with E-state index >= 15 is 0 Å². The van der Waals surface area contributed by atoms with Crippen molar-refractivity contribution in [2.24, 2.45) is 0 Å². The van der Waals surface area contributed by atoms with Gasteiger partial charge in [-0.2, -0.15) is 0 Å². The van der Waals surface area contributed by atoms with Crippen molar-refractivity contribution in [1.82, 2.24) is 5.32 Å². The Kier molecular flexibility index (Phi) is 3.47. The molecule has 1 fully saturated rings. The Morgan fingerprint density at radius 2 is 2.12 bits per heavy atom. The van der Waals surface area contributed by atoms with E-state index in [2.05, 4.69) is 27.9 Å². The Morgan fingerprint density at radius 3 is 2.69 bits per heavy atom. The molecule has 0 radical (unpaired) electrons. The second-order valence-electron chi connectivity index (χ2n) is 4.01. The van der Waals surface area contributed by atoms with E-state index in [0.29, 0.717) is 0 Å². The summed E-state index contributed by atoms with van der Waals surface area (Å²) >= 11 is 2.24. The lowest BCUT2D eigenvalue weighted by Crippen LogP contribution is -2.36. The van der Waals surface area contributed by atoms with E-state index < -0.39 is 6.67 Å². The molecule has 1 aromatic carbocycles. The Morgan fingerprint density at radius 1 is 1.44 bits per heavy atom. The highest BCUT2D eigenvalue weighted by Crippen LogP contribution is 2.49. The molecular formula is C12H13FINO. The SMILES string of the molecule is O=C(NCCF)C1(c2ccccc2I)CC1. The van der Waals surface area contributed by atoms with Gasteiger partial charge in [0, 0.05) is 10.1 Å². The van der Waals surface area contributed by atoms with Crippen LogP contribution in [0.5, 0.6) is 0 Å². The molecule has 4 heteroatoms. The van der Waals surface area contributed by atoms with Crippen LogP contribution in [0.3, 0.4) is 0 Å². The van der Waals surface area contributed by atoms with E-state index in [-0.39, 0.29) is 17.9 Å². The van der Waals surface area contributed by atoms with Crippen molar-refractivity contribution in [3.8, 4) is 0 Å². The van der Waals surface area contributed by atoms with Gasteiger partial charge in [-0.25, -0.2) is 4.39 Å². The van der Waals surface area contributed by atoms with Gasteiger partial charge in [-0.05, 0) is 47.1 Å². The fraction of sp³-hybridized carbons (Fsp3) is 0.417. The van der Waals surface area contributed by atoms with Crippen molar-refractivity contribution in [3.05, 3.63) is 33.4 Å². The van der Waals surface area contributed by atoms with Gasteiger partial charge in [-0.3, -0.25) is 4.79 Å². The zero-order chi connectivity index (χ0) is 11.6. The van der Waals surface area contributed by atoms with E-state index in [1.807, 2.05) is 24.3 Å². The minimum Gasteiger partial charge on any atom is -0.353 e. The third kappa shape index (κ3) is 2.07. The minimum absolute atomic E-state index is 0.0331. The molecule has 0 bridgehead atoms. The molecule has 1 aromatic rings. The first-order valence-electron chi connectivity index (χ1n) is 5.30. The van der Waals surface area contributed by atoms with Crippen LogP contribution in [0.1, 0.15) is 18.4 Å². The maximum Gasteiger partial charge on any atom is 0.230 e. The first-order valence-corrected chi connectivity index (χ1v) is 6.38. The number of carbonyl (C=O) groups is 1. The van der Waals surface area contributed by atoms with Crippen molar-refractivity contribution >= 4 is 28.5 Å². The van der Waals surface area contributed by atoms with Crippen LogP contribution in [0.2, 0.25) is 0 Å². The van der Waals surface area contributed by atoms with Gasteiger partial charge in [0.05, 0.1) is 5.41 Å². The molecule has 1 N–H and O–H groups in total. The second kappa shape index (κ2) is 4.69. The van der Waals surface area contributed by atoms with Crippen LogP contribution < -0.4 is 5.32 Å². The molecule has 0 spiro atoms. The molecule has 1 saturated carbocycles. The van der Waals surface area contributed by atoms with Gasteiger partial charge < -0.3 is 5.32 Å². The maximum atomic E-state index is 12.0. The van der Waals surface area contributed by atoms with Gasteiger partial charge >= 0.3 is 0 Å². The summed E-state index contributed by atoms with van der Waals surface area (Å²) < 4.78 is 13.1. The fourth-order valence-corrected chi connectivity index (χ4v) is 2.83. The molecular weight excluding hydrogens is 320 g/mol. The molecule has 86 valence electrons. The minimum atomic E-state index is -0.506. The van der Waals surface area contributed by atoms with Crippen LogP contribution in [0, 0.1) is 3.57 Å².